The molecular formula is C34H21NS2. The quantitative estimate of drug-likeness (QED) is 0.224. The molecule has 174 valence electrons. The molecule has 0 aliphatic rings. The average molecular weight is 508 g/mol. The minimum atomic E-state index is 1.20. The summed E-state index contributed by atoms with van der Waals surface area (Å²) in [6, 6.07) is 46.1. The molecule has 0 fully saturated rings. The minimum Gasteiger partial charge on any atom is -0.301 e. The first-order valence-corrected chi connectivity index (χ1v) is 14.1. The molecule has 0 radical (unpaired) electrons. The van der Waals surface area contributed by atoms with E-state index in [9.17, 15) is 0 Å². The summed E-state index contributed by atoms with van der Waals surface area (Å²) in [7, 11) is 0. The van der Waals surface area contributed by atoms with Crippen molar-refractivity contribution in [3.63, 3.8) is 0 Å². The standard InChI is InChI=1S/C34H21NS2/c1-3-9-22(10-4-1)24-15-18-26(19-16-24)35-29-20-17-25(23-11-5-2-6-12-23)21-28(29)31-32-27-13-7-8-14-30(27)36-34(32)37-33(31)35/h1-21H. The molecule has 0 bridgehead atoms. The van der Waals surface area contributed by atoms with Gasteiger partial charge in [0.25, 0.3) is 0 Å². The lowest BCUT2D eigenvalue weighted by Crippen LogP contribution is -1.92. The number of hydrogen-bond acceptors (Lipinski definition) is 2. The van der Waals surface area contributed by atoms with Crippen molar-refractivity contribution in [2.24, 2.45) is 0 Å². The van der Waals surface area contributed by atoms with Crippen LogP contribution in [0.5, 0.6) is 0 Å². The maximum absolute atomic E-state index is 2.46. The van der Waals surface area contributed by atoms with Crippen molar-refractivity contribution in [1.82, 2.24) is 4.57 Å². The second kappa shape index (κ2) is 8.17. The zero-order valence-corrected chi connectivity index (χ0v) is 21.5. The van der Waals surface area contributed by atoms with Gasteiger partial charge in [0.1, 0.15) is 4.83 Å². The molecule has 0 unspecified atom stereocenters. The van der Waals surface area contributed by atoms with Crippen molar-refractivity contribution < 1.29 is 0 Å². The number of nitrogens with zero attached hydrogens (tertiary/aromatic N) is 1. The molecule has 0 amide bonds. The van der Waals surface area contributed by atoms with Gasteiger partial charge < -0.3 is 4.57 Å². The van der Waals surface area contributed by atoms with Crippen LogP contribution in [0.25, 0.3) is 68.5 Å². The van der Waals surface area contributed by atoms with Crippen molar-refractivity contribution in [3.8, 4) is 27.9 Å². The SMILES string of the molecule is c1ccc(-c2ccc(-n3c4ccc(-c5ccccc5)cc4c4c5c(sc6ccccc65)sc43)cc2)cc1. The fraction of sp³-hybridized carbons (Fsp3) is 0. The molecule has 0 N–H and O–H groups in total. The number of fused-ring (bicyclic) bond motifs is 7. The van der Waals surface area contributed by atoms with Gasteiger partial charge in [-0.25, -0.2) is 0 Å². The Morgan fingerprint density at radius 1 is 0.459 bits per heavy atom. The summed E-state index contributed by atoms with van der Waals surface area (Å²) >= 11 is 3.83. The van der Waals surface area contributed by atoms with E-state index in [2.05, 4.69) is 132 Å². The molecule has 37 heavy (non-hydrogen) atoms. The highest BCUT2D eigenvalue weighted by molar-refractivity contribution is 7.44. The molecule has 0 atom stereocenters. The molecule has 8 aromatic rings. The van der Waals surface area contributed by atoms with Crippen molar-refractivity contribution in [2.75, 3.05) is 0 Å². The second-order valence-electron chi connectivity index (χ2n) is 9.39. The topological polar surface area (TPSA) is 4.93 Å². The van der Waals surface area contributed by atoms with Crippen molar-refractivity contribution in [3.05, 3.63) is 127 Å². The molecule has 3 aromatic heterocycles. The summed E-state index contributed by atoms with van der Waals surface area (Å²) in [6.45, 7) is 0. The fourth-order valence-electron chi connectivity index (χ4n) is 5.53. The van der Waals surface area contributed by atoms with Crippen LogP contribution in [0.3, 0.4) is 0 Å². The van der Waals surface area contributed by atoms with E-state index in [0.29, 0.717) is 0 Å². The summed E-state index contributed by atoms with van der Waals surface area (Å²) in [5.41, 5.74) is 7.44. The van der Waals surface area contributed by atoms with Gasteiger partial charge in [0.2, 0.25) is 0 Å². The molecule has 3 heterocycles. The molecule has 0 spiro atoms. The number of hydrogen-bond donors (Lipinski definition) is 0. The molecule has 8 rings (SSSR count). The zero-order valence-electron chi connectivity index (χ0n) is 19.9. The van der Waals surface area contributed by atoms with Gasteiger partial charge in [0.05, 0.1) is 9.53 Å². The highest BCUT2D eigenvalue weighted by Crippen LogP contribution is 2.49. The van der Waals surface area contributed by atoms with Crippen LogP contribution in [0.4, 0.5) is 0 Å². The lowest BCUT2D eigenvalue weighted by atomic mass is 10.0. The maximum Gasteiger partial charge on any atom is 0.110 e. The van der Waals surface area contributed by atoms with E-state index in [1.165, 1.54) is 68.5 Å². The molecule has 5 aromatic carbocycles. The first-order chi connectivity index (χ1) is 18.3. The molecule has 0 aliphatic carbocycles. The Balaban J connectivity index is 1.43. The Bertz CT molecular complexity index is 2060. The van der Waals surface area contributed by atoms with Crippen LogP contribution in [0.1, 0.15) is 0 Å². The summed E-state index contributed by atoms with van der Waals surface area (Å²) < 4.78 is 5.21. The third-order valence-electron chi connectivity index (χ3n) is 7.27. The Labute approximate surface area is 222 Å². The summed E-state index contributed by atoms with van der Waals surface area (Å²) in [5, 5.41) is 5.45. The van der Waals surface area contributed by atoms with Gasteiger partial charge in [-0.1, -0.05) is 97.1 Å². The predicted molar refractivity (Wildman–Crippen MR) is 162 cm³/mol. The van der Waals surface area contributed by atoms with Crippen LogP contribution in [0.15, 0.2) is 127 Å². The molecule has 3 heteroatoms. The van der Waals surface area contributed by atoms with Gasteiger partial charge in [0.15, 0.2) is 0 Å². The Morgan fingerprint density at radius 2 is 1.08 bits per heavy atom. The molecule has 1 nitrogen and oxygen atoms in total. The predicted octanol–water partition coefficient (Wildman–Crippen LogP) is 10.5. The Hall–Kier alpha value is -4.18. The first kappa shape index (κ1) is 21.0. The third-order valence-corrected chi connectivity index (χ3v) is 9.70. The van der Waals surface area contributed by atoms with Crippen LogP contribution in [0.2, 0.25) is 0 Å². The highest BCUT2D eigenvalue weighted by Gasteiger charge is 2.21. The summed E-state index contributed by atoms with van der Waals surface area (Å²) in [5.74, 6) is 0. The van der Waals surface area contributed by atoms with E-state index in [1.807, 2.05) is 22.7 Å². The van der Waals surface area contributed by atoms with Crippen molar-refractivity contribution in [2.45, 2.75) is 0 Å². The van der Waals surface area contributed by atoms with E-state index in [-0.39, 0.29) is 0 Å². The van der Waals surface area contributed by atoms with Crippen LogP contribution in [-0.4, -0.2) is 4.57 Å². The van der Waals surface area contributed by atoms with Gasteiger partial charge in [-0.2, -0.15) is 0 Å². The number of rotatable bonds is 3. The van der Waals surface area contributed by atoms with Crippen molar-refractivity contribution >= 4 is 63.3 Å². The molecule has 0 saturated heterocycles. The van der Waals surface area contributed by atoms with E-state index in [1.54, 1.807) is 0 Å². The fourth-order valence-corrected chi connectivity index (χ4v) is 8.24. The lowest BCUT2D eigenvalue weighted by molar-refractivity contribution is 1.19. The smallest absolute Gasteiger partial charge is 0.110 e. The normalized spacial score (nSPS) is 11.8. The average Bonchev–Trinajstić information content (AvgIpc) is 3.60. The van der Waals surface area contributed by atoms with Crippen molar-refractivity contribution in [1.29, 1.82) is 0 Å². The van der Waals surface area contributed by atoms with Gasteiger partial charge in [-0.3, -0.25) is 0 Å². The van der Waals surface area contributed by atoms with Crippen LogP contribution < -0.4 is 0 Å². The van der Waals surface area contributed by atoms with Crippen LogP contribution >= 0.6 is 22.7 Å². The molecular weight excluding hydrogens is 487 g/mol. The van der Waals surface area contributed by atoms with Gasteiger partial charge in [-0.15, -0.1) is 22.7 Å². The van der Waals surface area contributed by atoms with Gasteiger partial charge in [-0.05, 0) is 52.6 Å². The molecule has 0 aliphatic heterocycles. The van der Waals surface area contributed by atoms with Gasteiger partial charge in [0, 0.05) is 31.9 Å². The monoisotopic (exact) mass is 507 g/mol. The van der Waals surface area contributed by atoms with Gasteiger partial charge >= 0.3 is 0 Å². The summed E-state index contributed by atoms with van der Waals surface area (Å²) in [6.07, 6.45) is 0. The van der Waals surface area contributed by atoms with Crippen LogP contribution in [0, 0.1) is 0 Å². The zero-order chi connectivity index (χ0) is 24.3. The minimum absolute atomic E-state index is 1.20. The second-order valence-corrected chi connectivity index (χ2v) is 11.7. The van der Waals surface area contributed by atoms with E-state index < -0.39 is 0 Å². The number of benzene rings is 5. The number of thiophene rings is 2. The Morgan fingerprint density at radius 3 is 1.84 bits per heavy atom. The first-order valence-electron chi connectivity index (χ1n) is 12.4. The van der Waals surface area contributed by atoms with E-state index >= 15 is 0 Å². The third kappa shape index (κ3) is 3.21. The number of aromatic nitrogens is 1. The maximum atomic E-state index is 2.46. The highest BCUT2D eigenvalue weighted by atomic mass is 32.2. The van der Waals surface area contributed by atoms with E-state index in [4.69, 9.17) is 0 Å². The lowest BCUT2D eigenvalue weighted by Gasteiger charge is -2.09. The molecule has 0 saturated carbocycles. The van der Waals surface area contributed by atoms with E-state index in [0.717, 1.165) is 0 Å². The Kier molecular flexibility index (Phi) is 4.63. The summed E-state index contributed by atoms with van der Waals surface area (Å²) in [4.78, 5) is 1.32. The largest absolute Gasteiger partial charge is 0.301 e. The van der Waals surface area contributed by atoms with Crippen LogP contribution in [-0.2, 0) is 0 Å².